The first kappa shape index (κ1) is 21.6. The van der Waals surface area contributed by atoms with E-state index in [1.54, 1.807) is 24.3 Å². The normalized spacial score (nSPS) is 10.6. The Kier molecular flexibility index (Phi) is 6.39. The van der Waals surface area contributed by atoms with Gasteiger partial charge in [0.25, 0.3) is 11.5 Å². The average Bonchev–Trinajstić information content (AvgIpc) is 2.79. The third kappa shape index (κ3) is 4.58. The second kappa shape index (κ2) is 9.16. The molecule has 0 spiro atoms. The van der Waals surface area contributed by atoms with Gasteiger partial charge in [0.05, 0.1) is 12.5 Å². The summed E-state index contributed by atoms with van der Waals surface area (Å²) in [4.78, 5) is 56.8. The minimum absolute atomic E-state index is 0.0735. The molecule has 0 radical (unpaired) electrons. The minimum Gasteiger partial charge on any atom is -0.506 e. The predicted octanol–water partition coefficient (Wildman–Crippen LogP) is 0.752. The van der Waals surface area contributed by atoms with Crippen molar-refractivity contribution >= 4 is 28.7 Å². The SMILES string of the molecule is COC(=O)CNC(=O)c1cccc(CCC(=O)c2c(O)c3cccnc3n(C)c2=O)n1. The molecule has 0 aliphatic heterocycles. The first-order valence-electron chi connectivity index (χ1n) is 9.34. The number of methoxy groups -OCH3 is 1. The molecule has 0 fully saturated rings. The largest absolute Gasteiger partial charge is 0.506 e. The summed E-state index contributed by atoms with van der Waals surface area (Å²) in [7, 11) is 2.69. The summed E-state index contributed by atoms with van der Waals surface area (Å²) >= 11 is 0. The lowest BCUT2D eigenvalue weighted by Gasteiger charge is -2.10. The van der Waals surface area contributed by atoms with Crippen molar-refractivity contribution in [2.24, 2.45) is 7.05 Å². The highest BCUT2D eigenvalue weighted by molar-refractivity contribution is 6.03. The van der Waals surface area contributed by atoms with Crippen molar-refractivity contribution in [3.63, 3.8) is 0 Å². The van der Waals surface area contributed by atoms with Crippen LogP contribution in [0.1, 0.15) is 33.0 Å². The van der Waals surface area contributed by atoms with Crippen molar-refractivity contribution in [3.05, 3.63) is 63.8 Å². The van der Waals surface area contributed by atoms with Crippen LogP contribution in [0.5, 0.6) is 5.75 Å². The zero-order chi connectivity index (χ0) is 22.5. The smallest absolute Gasteiger partial charge is 0.325 e. The Balaban J connectivity index is 1.77. The number of amides is 1. The number of fused-ring (bicyclic) bond motifs is 1. The van der Waals surface area contributed by atoms with Gasteiger partial charge in [-0.25, -0.2) is 9.97 Å². The number of aryl methyl sites for hydroxylation is 2. The topological polar surface area (TPSA) is 140 Å². The lowest BCUT2D eigenvalue weighted by atomic mass is 10.0. The van der Waals surface area contributed by atoms with Crippen LogP contribution < -0.4 is 10.9 Å². The number of esters is 1. The van der Waals surface area contributed by atoms with E-state index < -0.39 is 29.0 Å². The molecular weight excluding hydrogens is 404 g/mol. The summed E-state index contributed by atoms with van der Waals surface area (Å²) in [5.41, 5.74) is -0.163. The van der Waals surface area contributed by atoms with E-state index in [0.717, 1.165) is 0 Å². The number of hydrogen-bond donors (Lipinski definition) is 2. The molecule has 3 heterocycles. The first-order chi connectivity index (χ1) is 14.8. The van der Waals surface area contributed by atoms with E-state index in [4.69, 9.17) is 0 Å². The van der Waals surface area contributed by atoms with Gasteiger partial charge in [0.2, 0.25) is 0 Å². The van der Waals surface area contributed by atoms with Crippen LogP contribution in [-0.4, -0.2) is 51.0 Å². The van der Waals surface area contributed by atoms with Crippen LogP contribution in [0.4, 0.5) is 0 Å². The zero-order valence-corrected chi connectivity index (χ0v) is 16.9. The van der Waals surface area contributed by atoms with Crippen LogP contribution in [0.3, 0.4) is 0 Å². The van der Waals surface area contributed by atoms with Crippen LogP contribution in [0.25, 0.3) is 11.0 Å². The second-order valence-electron chi connectivity index (χ2n) is 6.66. The zero-order valence-electron chi connectivity index (χ0n) is 16.9. The molecule has 0 atom stereocenters. The number of aromatic nitrogens is 3. The van der Waals surface area contributed by atoms with Gasteiger partial charge < -0.3 is 15.2 Å². The Morgan fingerprint density at radius 3 is 2.71 bits per heavy atom. The van der Waals surface area contributed by atoms with Gasteiger partial charge in [-0.2, -0.15) is 0 Å². The van der Waals surface area contributed by atoms with Crippen molar-refractivity contribution in [2.75, 3.05) is 13.7 Å². The summed E-state index contributed by atoms with van der Waals surface area (Å²) < 4.78 is 5.67. The lowest BCUT2D eigenvalue weighted by Crippen LogP contribution is -2.30. The standard InChI is InChI=1S/C21H20N4O6/c1-25-19-13(6-4-10-22-19)18(28)17(21(25)30)15(26)9-8-12-5-3-7-14(24-12)20(29)23-11-16(27)31-2/h3-7,10,28H,8-9,11H2,1-2H3,(H,23,29). The van der Waals surface area contributed by atoms with Gasteiger partial charge in [-0.05, 0) is 30.7 Å². The number of carbonyl (C=O) groups is 3. The Labute approximate surface area is 176 Å². The van der Waals surface area contributed by atoms with Gasteiger partial charge in [0, 0.05) is 25.4 Å². The number of carbonyl (C=O) groups excluding carboxylic acids is 3. The number of hydrogen-bond acceptors (Lipinski definition) is 8. The Morgan fingerprint density at radius 2 is 1.97 bits per heavy atom. The minimum atomic E-state index is -0.641. The molecule has 0 bridgehead atoms. The molecule has 0 aromatic carbocycles. The van der Waals surface area contributed by atoms with Gasteiger partial charge in [-0.15, -0.1) is 0 Å². The monoisotopic (exact) mass is 424 g/mol. The summed E-state index contributed by atoms with van der Waals surface area (Å²) in [5.74, 6) is -2.11. The highest BCUT2D eigenvalue weighted by Crippen LogP contribution is 2.25. The number of nitrogens with one attached hydrogen (secondary N) is 1. The third-order valence-corrected chi connectivity index (χ3v) is 4.66. The van der Waals surface area contributed by atoms with Crippen LogP contribution in [0.2, 0.25) is 0 Å². The maximum Gasteiger partial charge on any atom is 0.325 e. The number of ketones is 1. The molecular formula is C21H20N4O6. The van der Waals surface area contributed by atoms with Crippen molar-refractivity contribution in [1.82, 2.24) is 19.9 Å². The lowest BCUT2D eigenvalue weighted by molar-refractivity contribution is -0.139. The third-order valence-electron chi connectivity index (χ3n) is 4.66. The van der Waals surface area contributed by atoms with Crippen LogP contribution >= 0.6 is 0 Å². The van der Waals surface area contributed by atoms with Gasteiger partial charge in [-0.1, -0.05) is 6.07 Å². The van der Waals surface area contributed by atoms with Gasteiger partial charge in [-0.3, -0.25) is 23.7 Å². The molecule has 0 saturated carbocycles. The molecule has 31 heavy (non-hydrogen) atoms. The fraction of sp³-hybridized carbons (Fsp3) is 0.238. The Bertz CT molecular complexity index is 1230. The highest BCUT2D eigenvalue weighted by Gasteiger charge is 2.21. The van der Waals surface area contributed by atoms with Gasteiger partial charge >= 0.3 is 5.97 Å². The predicted molar refractivity (Wildman–Crippen MR) is 110 cm³/mol. The summed E-state index contributed by atoms with van der Waals surface area (Å²) in [6.45, 7) is -0.293. The van der Waals surface area contributed by atoms with Crippen LogP contribution in [0, 0.1) is 0 Å². The molecule has 3 aromatic heterocycles. The molecule has 10 nitrogen and oxygen atoms in total. The molecule has 3 rings (SSSR count). The molecule has 0 unspecified atom stereocenters. The highest BCUT2D eigenvalue weighted by atomic mass is 16.5. The summed E-state index contributed by atoms with van der Waals surface area (Å²) in [6, 6.07) is 7.87. The summed E-state index contributed by atoms with van der Waals surface area (Å²) in [5, 5.41) is 13.2. The molecule has 0 saturated heterocycles. The first-order valence-corrected chi connectivity index (χ1v) is 9.34. The number of pyridine rings is 3. The Morgan fingerprint density at radius 1 is 1.19 bits per heavy atom. The van der Waals surface area contributed by atoms with E-state index in [1.807, 2.05) is 0 Å². The molecule has 3 aromatic rings. The van der Waals surface area contributed by atoms with E-state index in [-0.39, 0.29) is 36.3 Å². The summed E-state index contributed by atoms with van der Waals surface area (Å²) in [6.07, 6.45) is 1.53. The molecule has 10 heteroatoms. The fourth-order valence-electron chi connectivity index (χ4n) is 3.03. The average molecular weight is 424 g/mol. The van der Waals surface area contributed by atoms with Crippen molar-refractivity contribution in [2.45, 2.75) is 12.8 Å². The van der Waals surface area contributed by atoms with Gasteiger partial charge in [0.15, 0.2) is 5.78 Å². The van der Waals surface area contributed by atoms with Crippen molar-refractivity contribution in [3.8, 4) is 5.75 Å². The number of Topliss-reactive ketones (excluding diaryl/α,β-unsaturated/α-hetero) is 1. The van der Waals surface area contributed by atoms with E-state index in [1.165, 1.54) is 31.0 Å². The van der Waals surface area contributed by atoms with Crippen LogP contribution in [-0.2, 0) is 23.0 Å². The quantitative estimate of drug-likeness (QED) is 0.418. The Hall–Kier alpha value is -4.08. The van der Waals surface area contributed by atoms with E-state index in [2.05, 4.69) is 20.0 Å². The maximum absolute atomic E-state index is 12.7. The number of nitrogens with zero attached hydrogens (tertiary/aromatic N) is 3. The maximum atomic E-state index is 12.7. The molecule has 2 N–H and O–H groups in total. The van der Waals surface area contributed by atoms with E-state index in [9.17, 15) is 24.3 Å². The van der Waals surface area contributed by atoms with E-state index >= 15 is 0 Å². The van der Waals surface area contributed by atoms with Crippen molar-refractivity contribution in [1.29, 1.82) is 0 Å². The molecule has 0 aliphatic rings. The van der Waals surface area contributed by atoms with E-state index in [0.29, 0.717) is 11.1 Å². The number of rotatable bonds is 7. The molecule has 160 valence electrons. The molecule has 0 aliphatic carbocycles. The number of aromatic hydroxyl groups is 1. The number of ether oxygens (including phenoxy) is 1. The van der Waals surface area contributed by atoms with Gasteiger partial charge in [0.1, 0.15) is 29.2 Å². The second-order valence-corrected chi connectivity index (χ2v) is 6.66. The van der Waals surface area contributed by atoms with Crippen molar-refractivity contribution < 1.29 is 24.2 Å². The van der Waals surface area contributed by atoms with Crippen LogP contribution in [0.15, 0.2) is 41.3 Å². The fourth-order valence-corrected chi connectivity index (χ4v) is 3.03. The molecule has 1 amide bonds.